The minimum Gasteiger partial charge on any atom is -0.480 e. The molecule has 0 aliphatic carbocycles. The van der Waals surface area contributed by atoms with Crippen LogP contribution in [0, 0.1) is 22.6 Å². The van der Waals surface area contributed by atoms with E-state index >= 15 is 0 Å². The molecule has 35 heavy (non-hydrogen) atoms. The number of ether oxygens (including phenoxy) is 1. The van der Waals surface area contributed by atoms with E-state index in [-0.39, 0.29) is 58.4 Å². The SMILES string of the molecule is Br.CN(C)CCCC1(c2ccc(F)cc2)OCc2cc(C#N)ccc21.CN(CC(=O)O)C(=N)N.[MgH2]. The van der Waals surface area contributed by atoms with Crippen LogP contribution in [0.3, 0.4) is 0 Å². The Bertz CT molecular complexity index is 1030. The first-order valence-corrected chi connectivity index (χ1v) is 10.4. The van der Waals surface area contributed by atoms with Crippen molar-refractivity contribution in [2.45, 2.75) is 25.0 Å². The van der Waals surface area contributed by atoms with Gasteiger partial charge in [-0.15, -0.1) is 17.0 Å². The number of carboxylic acid groups (broad SMARTS) is 1. The number of hydrogen-bond acceptors (Lipinski definition) is 5. The normalized spacial score (nSPS) is 15.4. The zero-order chi connectivity index (χ0) is 24.6. The van der Waals surface area contributed by atoms with Gasteiger partial charge in [0.25, 0.3) is 0 Å². The topological polar surface area (TPSA) is 127 Å². The van der Waals surface area contributed by atoms with E-state index in [1.165, 1.54) is 19.2 Å². The number of guanidine groups is 1. The Morgan fingerprint density at radius 3 is 2.37 bits per heavy atom. The predicted molar refractivity (Wildman–Crippen MR) is 142 cm³/mol. The van der Waals surface area contributed by atoms with Crippen LogP contribution in [0.1, 0.15) is 35.1 Å². The summed E-state index contributed by atoms with van der Waals surface area (Å²) in [6.45, 7) is 1.21. The van der Waals surface area contributed by atoms with Gasteiger partial charge in [-0.05, 0) is 74.4 Å². The fraction of sp³-hybridized carbons (Fsp3) is 0.375. The average Bonchev–Trinajstić information content (AvgIpc) is 3.12. The Labute approximate surface area is 232 Å². The van der Waals surface area contributed by atoms with E-state index in [1.54, 1.807) is 12.1 Å². The number of likely N-dealkylation sites (N-methyl/N-ethyl adjacent to an activating group) is 1. The fourth-order valence-corrected chi connectivity index (χ4v) is 3.70. The molecule has 1 aliphatic heterocycles. The van der Waals surface area contributed by atoms with Gasteiger partial charge in [-0.25, -0.2) is 4.39 Å². The second kappa shape index (κ2) is 15.0. The smallest absolute Gasteiger partial charge is 0.323 e. The summed E-state index contributed by atoms with van der Waals surface area (Å²) in [5.41, 5.74) is 8.11. The highest BCUT2D eigenvalue weighted by Gasteiger charge is 2.41. The summed E-state index contributed by atoms with van der Waals surface area (Å²) in [4.78, 5) is 13.2. The molecular formula is C24H33BrFMgN5O3. The molecule has 3 rings (SSSR count). The number of carbonyl (C=O) groups is 1. The Kier molecular flexibility index (Phi) is 14.0. The van der Waals surface area contributed by atoms with Crippen LogP contribution in [0.15, 0.2) is 42.5 Å². The van der Waals surface area contributed by atoms with Gasteiger partial charge in [0.15, 0.2) is 5.96 Å². The molecule has 1 aliphatic rings. The van der Waals surface area contributed by atoms with Gasteiger partial charge in [-0.3, -0.25) is 10.2 Å². The molecule has 0 spiro atoms. The van der Waals surface area contributed by atoms with E-state index in [0.29, 0.717) is 12.2 Å². The van der Waals surface area contributed by atoms with Crippen LogP contribution in [-0.4, -0.2) is 84.1 Å². The Balaban J connectivity index is 0.000000908. The molecule has 0 amide bonds. The molecule has 0 fully saturated rings. The third-order valence-electron chi connectivity index (χ3n) is 5.37. The van der Waals surface area contributed by atoms with Crippen LogP contribution in [-0.2, 0) is 21.7 Å². The van der Waals surface area contributed by atoms with Crippen molar-refractivity contribution in [1.82, 2.24) is 9.80 Å². The van der Waals surface area contributed by atoms with Crippen molar-refractivity contribution in [3.8, 4) is 6.07 Å². The summed E-state index contributed by atoms with van der Waals surface area (Å²) < 4.78 is 19.6. The van der Waals surface area contributed by atoms with Gasteiger partial charge in [0.1, 0.15) is 18.0 Å². The molecule has 11 heteroatoms. The van der Waals surface area contributed by atoms with Gasteiger partial charge in [0.05, 0.1) is 18.2 Å². The zero-order valence-corrected chi connectivity index (χ0v) is 21.3. The molecule has 2 aromatic rings. The summed E-state index contributed by atoms with van der Waals surface area (Å²) in [5.74, 6) is -1.48. The zero-order valence-electron chi connectivity index (χ0n) is 19.5. The third-order valence-corrected chi connectivity index (χ3v) is 5.37. The highest BCUT2D eigenvalue weighted by atomic mass is 79.9. The van der Waals surface area contributed by atoms with Crippen LogP contribution in [0.2, 0.25) is 0 Å². The molecule has 1 atom stereocenters. The summed E-state index contributed by atoms with van der Waals surface area (Å²) in [6, 6.07) is 14.5. The number of nitrogens with one attached hydrogen (secondary N) is 1. The maximum Gasteiger partial charge on any atom is 0.323 e. The number of aliphatic carboxylic acids is 1. The first-order valence-electron chi connectivity index (χ1n) is 10.4. The van der Waals surface area contributed by atoms with E-state index in [9.17, 15) is 9.18 Å². The molecule has 8 nitrogen and oxygen atoms in total. The van der Waals surface area contributed by atoms with Crippen molar-refractivity contribution in [3.63, 3.8) is 0 Å². The monoisotopic (exact) mass is 561 g/mol. The molecule has 0 aromatic heterocycles. The molecule has 0 radical (unpaired) electrons. The molecule has 2 aromatic carbocycles. The Hall–Kier alpha value is -2.23. The van der Waals surface area contributed by atoms with Crippen molar-refractivity contribution in [2.24, 2.45) is 5.73 Å². The van der Waals surface area contributed by atoms with E-state index in [2.05, 4.69) is 11.0 Å². The second-order valence-electron chi connectivity index (χ2n) is 8.15. The summed E-state index contributed by atoms with van der Waals surface area (Å²) in [7, 11) is 5.54. The maximum atomic E-state index is 13.4. The molecule has 188 valence electrons. The van der Waals surface area contributed by atoms with E-state index in [4.69, 9.17) is 26.2 Å². The lowest BCUT2D eigenvalue weighted by atomic mass is 9.81. The molecular weight excluding hydrogens is 530 g/mol. The Morgan fingerprint density at radius 2 is 1.89 bits per heavy atom. The van der Waals surface area contributed by atoms with Gasteiger partial charge in [-0.1, -0.05) is 18.2 Å². The number of rotatable bonds is 7. The van der Waals surface area contributed by atoms with E-state index in [0.717, 1.165) is 41.0 Å². The number of nitriles is 1. The quantitative estimate of drug-likeness (QED) is 0.269. The van der Waals surface area contributed by atoms with E-state index in [1.807, 2.05) is 32.3 Å². The number of nitrogens with two attached hydrogens (primary N) is 1. The van der Waals surface area contributed by atoms with Crippen LogP contribution in [0.25, 0.3) is 0 Å². The van der Waals surface area contributed by atoms with Crippen LogP contribution < -0.4 is 5.73 Å². The highest BCUT2D eigenvalue weighted by molar-refractivity contribution is 8.93. The largest absolute Gasteiger partial charge is 0.480 e. The number of fused-ring (bicyclic) bond motifs is 1. The number of hydrogen-bond donors (Lipinski definition) is 3. The van der Waals surface area contributed by atoms with Crippen molar-refractivity contribution in [3.05, 3.63) is 70.5 Å². The maximum absolute atomic E-state index is 13.4. The standard InChI is InChI=1S/C20H21FN2O.C4H9N3O2.BrH.Mg.2H/c1-23(2)11-3-10-20(17-5-7-18(21)8-6-17)19-9-4-15(13-22)12-16(19)14-24-20;1-7(4(5)6)2-3(8)9;;;;/h4-9,12H,3,10-11,14H2,1-2H3;2H2,1H3,(H3,5,6)(H,8,9);1H;;;. The Morgan fingerprint density at radius 1 is 1.26 bits per heavy atom. The third kappa shape index (κ3) is 9.05. The van der Waals surface area contributed by atoms with Crippen LogP contribution in [0.5, 0.6) is 0 Å². The predicted octanol–water partition coefficient (Wildman–Crippen LogP) is 2.37. The second-order valence-corrected chi connectivity index (χ2v) is 8.15. The van der Waals surface area contributed by atoms with Gasteiger partial charge >= 0.3 is 29.0 Å². The van der Waals surface area contributed by atoms with Crippen molar-refractivity contribution < 1.29 is 19.0 Å². The van der Waals surface area contributed by atoms with Crippen LogP contribution in [0.4, 0.5) is 4.39 Å². The average molecular weight is 563 g/mol. The summed E-state index contributed by atoms with van der Waals surface area (Å²) in [5, 5.41) is 24.0. The molecule has 1 unspecified atom stereocenters. The number of carboxylic acids is 1. The first-order chi connectivity index (χ1) is 15.6. The highest BCUT2D eigenvalue weighted by Crippen LogP contribution is 2.45. The van der Waals surface area contributed by atoms with Gasteiger partial charge in [0, 0.05) is 7.05 Å². The molecule has 0 bridgehead atoms. The van der Waals surface area contributed by atoms with Gasteiger partial charge in [0.2, 0.25) is 0 Å². The molecule has 1 heterocycles. The molecule has 0 saturated heterocycles. The minimum absolute atomic E-state index is 0. The lowest BCUT2D eigenvalue weighted by Gasteiger charge is -2.31. The summed E-state index contributed by atoms with van der Waals surface area (Å²) >= 11 is 0. The number of nitrogens with zero attached hydrogens (tertiary/aromatic N) is 3. The van der Waals surface area contributed by atoms with Crippen molar-refractivity contribution in [2.75, 3.05) is 34.2 Å². The molecule has 0 saturated carbocycles. The lowest BCUT2D eigenvalue weighted by molar-refractivity contribution is -0.137. The van der Waals surface area contributed by atoms with Crippen molar-refractivity contribution in [1.29, 1.82) is 10.7 Å². The molecule has 4 N–H and O–H groups in total. The van der Waals surface area contributed by atoms with Gasteiger partial charge < -0.3 is 25.4 Å². The van der Waals surface area contributed by atoms with Crippen molar-refractivity contribution >= 4 is 52.0 Å². The van der Waals surface area contributed by atoms with E-state index < -0.39 is 11.6 Å². The number of halogens is 2. The first kappa shape index (κ1) is 32.8. The summed E-state index contributed by atoms with van der Waals surface area (Å²) in [6.07, 6.45) is 1.78. The fourth-order valence-electron chi connectivity index (χ4n) is 3.70. The van der Waals surface area contributed by atoms with Crippen LogP contribution >= 0.6 is 17.0 Å². The van der Waals surface area contributed by atoms with Gasteiger partial charge in [-0.2, -0.15) is 5.26 Å². The lowest BCUT2D eigenvalue weighted by Crippen LogP contribution is -2.36. The minimum atomic E-state index is -0.993. The number of benzene rings is 2.